The molecule has 1 aromatic rings. The lowest BCUT2D eigenvalue weighted by Gasteiger charge is -2.10. The van der Waals surface area contributed by atoms with Crippen LogP contribution in [0.2, 0.25) is 0 Å². The molecule has 0 aliphatic carbocycles. The molecule has 1 heteroatoms. The van der Waals surface area contributed by atoms with Gasteiger partial charge in [-0.15, -0.1) is 0 Å². The van der Waals surface area contributed by atoms with E-state index in [-0.39, 0.29) is 0 Å². The van der Waals surface area contributed by atoms with Crippen molar-refractivity contribution in [1.82, 2.24) is 0 Å². The normalized spacial score (nSPS) is 14.9. The smallest absolute Gasteiger partial charge is 0.106 e. The van der Waals surface area contributed by atoms with Crippen LogP contribution >= 0.6 is 0 Å². The van der Waals surface area contributed by atoms with Crippen molar-refractivity contribution in [1.29, 1.82) is 0 Å². The van der Waals surface area contributed by atoms with Crippen molar-refractivity contribution >= 4 is 0 Å². The van der Waals surface area contributed by atoms with E-state index in [1.807, 2.05) is 24.3 Å². The molecule has 0 radical (unpaired) electrons. The second-order valence-electron chi connectivity index (χ2n) is 3.03. The highest BCUT2D eigenvalue weighted by Gasteiger charge is 2.00. The molecule has 1 aliphatic rings. The summed E-state index contributed by atoms with van der Waals surface area (Å²) in [4.78, 5) is 0. The van der Waals surface area contributed by atoms with Crippen LogP contribution in [-0.2, 0) is 11.2 Å². The number of hydrogen-bond donors (Lipinski definition) is 0. The minimum Gasteiger partial charge on any atom is -0.494 e. The second kappa shape index (κ2) is 3.94. The molecule has 0 fully saturated rings. The van der Waals surface area contributed by atoms with E-state index in [0.29, 0.717) is 6.61 Å². The Bertz CT molecular complexity index is 322. The standard InChI is InChI=1S/C12H12O/c1-2-6-11(7-3-1)10-12-8-4-5-9-13-12/h1-8H,9-10H2. The maximum Gasteiger partial charge on any atom is 0.106 e. The van der Waals surface area contributed by atoms with Crippen LogP contribution in [0.4, 0.5) is 0 Å². The topological polar surface area (TPSA) is 9.23 Å². The van der Waals surface area contributed by atoms with E-state index in [2.05, 4.69) is 24.3 Å². The van der Waals surface area contributed by atoms with Crippen LogP contribution in [0.1, 0.15) is 5.56 Å². The van der Waals surface area contributed by atoms with Gasteiger partial charge in [0.1, 0.15) is 12.4 Å². The van der Waals surface area contributed by atoms with E-state index in [1.165, 1.54) is 5.56 Å². The number of benzene rings is 1. The Morgan fingerprint density at radius 1 is 1.15 bits per heavy atom. The van der Waals surface area contributed by atoms with Crippen molar-refractivity contribution in [3.05, 3.63) is 59.9 Å². The quantitative estimate of drug-likeness (QED) is 0.666. The zero-order valence-corrected chi connectivity index (χ0v) is 7.44. The van der Waals surface area contributed by atoms with Gasteiger partial charge >= 0.3 is 0 Å². The molecule has 0 saturated heterocycles. The van der Waals surface area contributed by atoms with E-state index < -0.39 is 0 Å². The molecule has 0 atom stereocenters. The highest BCUT2D eigenvalue weighted by molar-refractivity contribution is 5.22. The molecule has 0 saturated carbocycles. The second-order valence-corrected chi connectivity index (χ2v) is 3.03. The van der Waals surface area contributed by atoms with E-state index in [0.717, 1.165) is 12.2 Å². The van der Waals surface area contributed by atoms with Gasteiger partial charge in [0.05, 0.1) is 0 Å². The van der Waals surface area contributed by atoms with E-state index in [9.17, 15) is 0 Å². The molecular formula is C12H12O. The SMILES string of the molecule is C1=CCOC(Cc2ccccc2)=C1. The van der Waals surface area contributed by atoms with Gasteiger partial charge in [-0.3, -0.25) is 0 Å². The van der Waals surface area contributed by atoms with Gasteiger partial charge in [-0.05, 0) is 17.7 Å². The van der Waals surface area contributed by atoms with Crippen LogP contribution in [0.3, 0.4) is 0 Å². The van der Waals surface area contributed by atoms with E-state index >= 15 is 0 Å². The summed E-state index contributed by atoms with van der Waals surface area (Å²) in [5.74, 6) is 1.05. The lowest BCUT2D eigenvalue weighted by molar-refractivity contribution is 0.237. The molecule has 1 nitrogen and oxygen atoms in total. The molecule has 0 unspecified atom stereocenters. The van der Waals surface area contributed by atoms with Gasteiger partial charge in [-0.1, -0.05) is 36.4 Å². The third-order valence-corrected chi connectivity index (χ3v) is 2.00. The molecule has 13 heavy (non-hydrogen) atoms. The maximum atomic E-state index is 5.46. The van der Waals surface area contributed by atoms with Crippen molar-refractivity contribution < 1.29 is 4.74 Å². The first-order valence-corrected chi connectivity index (χ1v) is 4.47. The Labute approximate surface area is 78.3 Å². The minimum atomic E-state index is 0.707. The number of rotatable bonds is 2. The first-order chi connectivity index (χ1) is 6.45. The fraction of sp³-hybridized carbons (Fsp3) is 0.167. The van der Waals surface area contributed by atoms with Gasteiger partial charge in [-0.2, -0.15) is 0 Å². The van der Waals surface area contributed by atoms with Gasteiger partial charge in [0.2, 0.25) is 0 Å². The van der Waals surface area contributed by atoms with Crippen LogP contribution in [-0.4, -0.2) is 6.61 Å². The van der Waals surface area contributed by atoms with Crippen molar-refractivity contribution in [2.45, 2.75) is 6.42 Å². The van der Waals surface area contributed by atoms with Crippen molar-refractivity contribution in [2.75, 3.05) is 6.61 Å². The Hall–Kier alpha value is -1.50. The molecule has 0 amide bonds. The Kier molecular flexibility index (Phi) is 2.46. The number of ether oxygens (including phenoxy) is 1. The predicted octanol–water partition coefficient (Wildman–Crippen LogP) is 2.70. The van der Waals surface area contributed by atoms with Gasteiger partial charge in [0.25, 0.3) is 0 Å². The molecule has 1 aromatic carbocycles. The molecular weight excluding hydrogens is 160 g/mol. The predicted molar refractivity (Wildman–Crippen MR) is 53.3 cm³/mol. The maximum absolute atomic E-state index is 5.46. The molecule has 2 rings (SSSR count). The highest BCUT2D eigenvalue weighted by atomic mass is 16.5. The molecule has 66 valence electrons. The summed E-state index contributed by atoms with van der Waals surface area (Å²) in [6.45, 7) is 0.707. The monoisotopic (exact) mass is 172 g/mol. The van der Waals surface area contributed by atoms with Gasteiger partial charge < -0.3 is 4.74 Å². The zero-order valence-electron chi connectivity index (χ0n) is 7.44. The summed E-state index contributed by atoms with van der Waals surface area (Å²) in [5, 5.41) is 0. The molecule has 0 spiro atoms. The fourth-order valence-corrected chi connectivity index (χ4v) is 1.34. The molecule has 0 N–H and O–H groups in total. The summed E-state index contributed by atoms with van der Waals surface area (Å²) >= 11 is 0. The van der Waals surface area contributed by atoms with E-state index in [4.69, 9.17) is 4.74 Å². The third-order valence-electron chi connectivity index (χ3n) is 2.00. The molecule has 0 aromatic heterocycles. The van der Waals surface area contributed by atoms with Gasteiger partial charge in [0.15, 0.2) is 0 Å². The van der Waals surface area contributed by atoms with Crippen molar-refractivity contribution in [2.24, 2.45) is 0 Å². The fourth-order valence-electron chi connectivity index (χ4n) is 1.34. The summed E-state index contributed by atoms with van der Waals surface area (Å²) in [5.41, 5.74) is 1.30. The van der Waals surface area contributed by atoms with Crippen LogP contribution in [0.5, 0.6) is 0 Å². The lowest BCUT2D eigenvalue weighted by Crippen LogP contribution is -1.99. The zero-order chi connectivity index (χ0) is 8.93. The van der Waals surface area contributed by atoms with Gasteiger partial charge in [0, 0.05) is 6.42 Å². The van der Waals surface area contributed by atoms with Crippen molar-refractivity contribution in [3.8, 4) is 0 Å². The van der Waals surface area contributed by atoms with Crippen LogP contribution in [0.15, 0.2) is 54.3 Å². The largest absolute Gasteiger partial charge is 0.494 e. The summed E-state index contributed by atoms with van der Waals surface area (Å²) in [7, 11) is 0. The van der Waals surface area contributed by atoms with Crippen molar-refractivity contribution in [3.63, 3.8) is 0 Å². The third kappa shape index (κ3) is 2.22. The highest BCUT2D eigenvalue weighted by Crippen LogP contribution is 2.11. The average Bonchev–Trinajstić information content (AvgIpc) is 2.21. The van der Waals surface area contributed by atoms with Crippen LogP contribution in [0.25, 0.3) is 0 Å². The first kappa shape index (κ1) is 8.11. The Balaban J connectivity index is 2.06. The van der Waals surface area contributed by atoms with Gasteiger partial charge in [-0.25, -0.2) is 0 Å². The molecule has 1 heterocycles. The summed E-state index contributed by atoms with van der Waals surface area (Å²) < 4.78 is 5.46. The van der Waals surface area contributed by atoms with Crippen LogP contribution < -0.4 is 0 Å². The Morgan fingerprint density at radius 3 is 2.69 bits per heavy atom. The summed E-state index contributed by atoms with van der Waals surface area (Å²) in [6.07, 6.45) is 6.97. The number of hydrogen-bond acceptors (Lipinski definition) is 1. The Morgan fingerprint density at radius 2 is 2.00 bits per heavy atom. The minimum absolute atomic E-state index is 0.707. The molecule has 0 bridgehead atoms. The average molecular weight is 172 g/mol. The van der Waals surface area contributed by atoms with E-state index in [1.54, 1.807) is 0 Å². The first-order valence-electron chi connectivity index (χ1n) is 4.47. The van der Waals surface area contributed by atoms with Crippen LogP contribution in [0, 0.1) is 0 Å². The molecule has 1 aliphatic heterocycles. The number of allylic oxidation sites excluding steroid dienone is 3. The lowest BCUT2D eigenvalue weighted by atomic mass is 10.1. The summed E-state index contributed by atoms with van der Waals surface area (Å²) in [6, 6.07) is 10.4.